The second kappa shape index (κ2) is 11.1. The van der Waals surface area contributed by atoms with Crippen LogP contribution in [0.4, 0.5) is 4.39 Å². The van der Waals surface area contributed by atoms with Crippen molar-refractivity contribution in [2.45, 2.75) is 57.2 Å². The summed E-state index contributed by atoms with van der Waals surface area (Å²) in [6.07, 6.45) is 7.02. The molecule has 2 atom stereocenters. The molecule has 39 heavy (non-hydrogen) atoms. The van der Waals surface area contributed by atoms with Gasteiger partial charge in [-0.3, -0.25) is 4.79 Å². The predicted molar refractivity (Wildman–Crippen MR) is 144 cm³/mol. The lowest BCUT2D eigenvalue weighted by Gasteiger charge is -2.17. The van der Waals surface area contributed by atoms with Crippen LogP contribution in [0.25, 0.3) is 6.08 Å². The number of nitrogens with zero attached hydrogens (tertiary/aromatic N) is 1. The van der Waals surface area contributed by atoms with Crippen molar-refractivity contribution >= 4 is 12.0 Å². The monoisotopic (exact) mass is 533 g/mol. The van der Waals surface area contributed by atoms with Gasteiger partial charge in [0.1, 0.15) is 29.2 Å². The van der Waals surface area contributed by atoms with Crippen LogP contribution in [0, 0.1) is 5.82 Å². The lowest BCUT2D eigenvalue weighted by Crippen LogP contribution is -2.16. The number of methoxy groups -OCH3 is 1. The van der Waals surface area contributed by atoms with E-state index >= 15 is 0 Å². The number of fused-ring (bicyclic) bond motifs is 2. The van der Waals surface area contributed by atoms with E-state index in [1.807, 2.05) is 30.4 Å². The molecule has 2 aromatic carbocycles. The van der Waals surface area contributed by atoms with Gasteiger partial charge in [-0.15, -0.1) is 0 Å². The van der Waals surface area contributed by atoms with Crippen molar-refractivity contribution in [2.75, 3.05) is 13.7 Å². The molecule has 3 aromatic rings. The smallest absolute Gasteiger partial charge is 0.306 e. The van der Waals surface area contributed by atoms with Gasteiger partial charge in [-0.25, -0.2) is 9.37 Å². The Morgan fingerprint density at radius 2 is 2.08 bits per heavy atom. The number of hydrogen-bond acceptors (Lipinski definition) is 7. The maximum Gasteiger partial charge on any atom is 0.306 e. The number of carbonyl (C=O) groups excluding carboxylic acids is 1. The molecule has 2 heterocycles. The Morgan fingerprint density at radius 3 is 2.82 bits per heavy atom. The molecule has 1 aliphatic heterocycles. The van der Waals surface area contributed by atoms with Crippen molar-refractivity contribution in [2.24, 2.45) is 0 Å². The van der Waals surface area contributed by atoms with Gasteiger partial charge >= 0.3 is 5.97 Å². The summed E-state index contributed by atoms with van der Waals surface area (Å²) in [4.78, 5) is 16.1. The summed E-state index contributed by atoms with van der Waals surface area (Å²) in [5.74, 6) is 1.53. The first kappa shape index (κ1) is 26.7. The molecule has 0 fully saturated rings. The molecule has 7 nitrogen and oxygen atoms in total. The number of ether oxygens (including phenoxy) is 4. The molecule has 0 unspecified atom stereocenters. The van der Waals surface area contributed by atoms with Gasteiger partial charge in [0.05, 0.1) is 25.7 Å². The zero-order chi connectivity index (χ0) is 27.6. The minimum Gasteiger partial charge on any atom is -0.492 e. The Hall–Kier alpha value is -3.91. The average Bonchev–Trinajstić information content (AvgIpc) is 3.50. The Balaban J connectivity index is 1.28. The number of benzene rings is 2. The topological polar surface area (TPSA) is 87.1 Å². The van der Waals surface area contributed by atoms with Crippen LogP contribution >= 0.6 is 0 Å². The summed E-state index contributed by atoms with van der Waals surface area (Å²) in [7, 11) is 1.37. The average molecular weight is 534 g/mol. The zero-order valence-corrected chi connectivity index (χ0v) is 22.3. The van der Waals surface area contributed by atoms with Gasteiger partial charge in [0.15, 0.2) is 0 Å². The third-order valence-corrected chi connectivity index (χ3v) is 6.92. The van der Waals surface area contributed by atoms with Crippen molar-refractivity contribution in [3.8, 4) is 23.1 Å². The van der Waals surface area contributed by atoms with Crippen LogP contribution < -0.4 is 14.2 Å². The van der Waals surface area contributed by atoms with E-state index in [4.69, 9.17) is 18.9 Å². The first-order valence-electron chi connectivity index (χ1n) is 13.0. The lowest BCUT2D eigenvalue weighted by molar-refractivity contribution is -0.141. The molecule has 0 saturated carbocycles. The van der Waals surface area contributed by atoms with Gasteiger partial charge in [0.2, 0.25) is 5.88 Å². The molecule has 204 valence electrons. The van der Waals surface area contributed by atoms with Crippen LogP contribution in [-0.2, 0) is 16.0 Å². The van der Waals surface area contributed by atoms with E-state index in [2.05, 4.69) is 4.98 Å². The van der Waals surface area contributed by atoms with Crippen LogP contribution in [0.3, 0.4) is 0 Å². The van der Waals surface area contributed by atoms with E-state index in [9.17, 15) is 14.3 Å². The van der Waals surface area contributed by atoms with Crippen LogP contribution in [0.5, 0.6) is 23.1 Å². The molecule has 0 bridgehead atoms. The van der Waals surface area contributed by atoms with Crippen molar-refractivity contribution in [3.05, 3.63) is 82.8 Å². The van der Waals surface area contributed by atoms with Crippen LogP contribution in [0.1, 0.15) is 67.4 Å². The Bertz CT molecular complexity index is 1380. The molecular formula is C31H32FNO6. The second-order valence-electron chi connectivity index (χ2n) is 10.5. The van der Waals surface area contributed by atoms with Crippen molar-refractivity contribution in [3.63, 3.8) is 0 Å². The standard InChI is InChI=1S/C31H32FNO6/c1-31(2,35)14-4-5-19-6-13-28(33-17-19)39-25-12-10-24(32)30-23(25)9-11-26(30)38-21-7-8-22-20(15-29(34)36-3)18-37-27(22)16-21/h4-8,10,12-13,16-17,20,26,35H,9,11,14-15,18H2,1-3H3/t20-,26-/m1/s1. The first-order valence-corrected chi connectivity index (χ1v) is 13.0. The van der Waals surface area contributed by atoms with Gasteiger partial charge in [0, 0.05) is 40.9 Å². The van der Waals surface area contributed by atoms with Crippen LogP contribution in [-0.4, -0.2) is 35.4 Å². The van der Waals surface area contributed by atoms with Gasteiger partial charge in [-0.05, 0) is 62.9 Å². The summed E-state index contributed by atoms with van der Waals surface area (Å²) in [5, 5.41) is 9.84. The van der Waals surface area contributed by atoms with Crippen molar-refractivity contribution in [1.82, 2.24) is 4.98 Å². The summed E-state index contributed by atoms with van der Waals surface area (Å²) >= 11 is 0. The number of halogens is 1. The normalized spacial score (nSPS) is 18.0. The second-order valence-corrected chi connectivity index (χ2v) is 10.5. The molecule has 1 aromatic heterocycles. The van der Waals surface area contributed by atoms with Gasteiger partial charge in [-0.1, -0.05) is 18.2 Å². The van der Waals surface area contributed by atoms with E-state index in [-0.39, 0.29) is 24.1 Å². The molecule has 0 radical (unpaired) electrons. The molecule has 0 saturated heterocycles. The molecule has 1 N–H and O–H groups in total. The van der Waals surface area contributed by atoms with E-state index in [1.165, 1.54) is 13.2 Å². The van der Waals surface area contributed by atoms with E-state index in [1.54, 1.807) is 38.2 Å². The fourth-order valence-electron chi connectivity index (χ4n) is 4.95. The predicted octanol–water partition coefficient (Wildman–Crippen LogP) is 6.29. The van der Waals surface area contributed by atoms with E-state index in [0.717, 1.165) is 16.7 Å². The quantitative estimate of drug-likeness (QED) is 0.323. The number of rotatable bonds is 9. The Morgan fingerprint density at radius 1 is 1.23 bits per heavy atom. The van der Waals surface area contributed by atoms with E-state index < -0.39 is 11.7 Å². The third kappa shape index (κ3) is 6.23. The lowest BCUT2D eigenvalue weighted by atomic mass is 9.98. The maximum absolute atomic E-state index is 15.0. The number of esters is 1. The highest BCUT2D eigenvalue weighted by molar-refractivity contribution is 5.71. The minimum atomic E-state index is -0.763. The largest absolute Gasteiger partial charge is 0.492 e. The highest BCUT2D eigenvalue weighted by atomic mass is 19.1. The van der Waals surface area contributed by atoms with Crippen molar-refractivity contribution in [1.29, 1.82) is 0 Å². The SMILES string of the molecule is COC(=O)C[C@@H]1COc2cc(O[C@@H]3CCc4c(Oc5ccc(C=CCC(C)(C)O)cn5)ccc(F)c43)ccc21. The zero-order valence-electron chi connectivity index (χ0n) is 22.3. The molecular weight excluding hydrogens is 501 g/mol. The number of carbonyl (C=O) groups is 1. The highest BCUT2D eigenvalue weighted by Crippen LogP contribution is 2.44. The molecule has 2 aliphatic rings. The summed E-state index contributed by atoms with van der Waals surface area (Å²) in [5.41, 5.74) is 2.32. The number of hydrogen-bond donors (Lipinski definition) is 1. The molecule has 1 aliphatic carbocycles. The van der Waals surface area contributed by atoms with Crippen LogP contribution in [0.15, 0.2) is 54.7 Å². The molecule has 8 heteroatoms. The van der Waals surface area contributed by atoms with Gasteiger partial charge in [-0.2, -0.15) is 0 Å². The van der Waals surface area contributed by atoms with Gasteiger partial charge in [0.25, 0.3) is 0 Å². The first-order chi connectivity index (χ1) is 18.7. The summed E-state index contributed by atoms with van der Waals surface area (Å²) in [6.45, 7) is 3.92. The molecule has 5 rings (SSSR count). The summed E-state index contributed by atoms with van der Waals surface area (Å²) < 4.78 is 37.8. The van der Waals surface area contributed by atoms with Crippen LogP contribution in [0.2, 0.25) is 0 Å². The van der Waals surface area contributed by atoms with E-state index in [0.29, 0.717) is 54.6 Å². The third-order valence-electron chi connectivity index (χ3n) is 6.92. The Labute approximate surface area is 227 Å². The summed E-state index contributed by atoms with van der Waals surface area (Å²) in [6, 6.07) is 12.2. The van der Waals surface area contributed by atoms with Gasteiger partial charge < -0.3 is 24.1 Å². The van der Waals surface area contributed by atoms with Crippen molar-refractivity contribution < 1.29 is 33.2 Å². The number of aromatic nitrogens is 1. The fourth-order valence-corrected chi connectivity index (χ4v) is 4.95. The minimum absolute atomic E-state index is 0.0581. The highest BCUT2D eigenvalue weighted by Gasteiger charge is 2.32. The molecule has 0 amide bonds. The fraction of sp³-hybridized carbons (Fsp3) is 0.355. The number of aliphatic hydroxyl groups is 1. The maximum atomic E-state index is 15.0. The number of pyridine rings is 1. The Kier molecular flexibility index (Phi) is 7.57. The molecule has 0 spiro atoms.